The fraction of sp³-hybridized carbons (Fsp3) is 0.615. The number of carbonyl (C=O) groups is 1. The fourth-order valence-corrected chi connectivity index (χ4v) is 2.44. The van der Waals surface area contributed by atoms with Crippen LogP contribution in [-0.4, -0.2) is 41.5 Å². The molecule has 1 aliphatic heterocycles. The molecule has 2 N–H and O–H groups in total. The molecular formula is C13H21N3O. The number of aryl methyl sites for hydroxylation is 1. The number of hydrogen-bond acceptors (Lipinski definition) is 2. The van der Waals surface area contributed by atoms with Crippen LogP contribution in [0.4, 0.5) is 0 Å². The van der Waals surface area contributed by atoms with Crippen molar-refractivity contribution in [2.24, 2.45) is 0 Å². The van der Waals surface area contributed by atoms with Gasteiger partial charge < -0.3 is 15.2 Å². The van der Waals surface area contributed by atoms with Crippen molar-refractivity contribution in [2.45, 2.75) is 32.7 Å². The van der Waals surface area contributed by atoms with Crippen molar-refractivity contribution in [3.63, 3.8) is 0 Å². The number of amides is 1. The number of hydrogen-bond donors (Lipinski definition) is 2. The van der Waals surface area contributed by atoms with E-state index in [-0.39, 0.29) is 5.91 Å². The van der Waals surface area contributed by atoms with Crippen molar-refractivity contribution in [1.82, 2.24) is 15.2 Å². The third-order valence-corrected chi connectivity index (χ3v) is 3.38. The van der Waals surface area contributed by atoms with Gasteiger partial charge in [-0.1, -0.05) is 6.92 Å². The van der Waals surface area contributed by atoms with Crippen molar-refractivity contribution in [2.75, 3.05) is 19.6 Å². The molecule has 1 saturated heterocycles. The highest BCUT2D eigenvalue weighted by Crippen LogP contribution is 2.15. The molecule has 17 heavy (non-hydrogen) atoms. The van der Waals surface area contributed by atoms with Crippen molar-refractivity contribution in [3.05, 3.63) is 23.5 Å². The van der Waals surface area contributed by atoms with Gasteiger partial charge in [-0.2, -0.15) is 0 Å². The van der Waals surface area contributed by atoms with E-state index in [1.807, 2.05) is 24.1 Å². The molecular weight excluding hydrogens is 214 g/mol. The quantitative estimate of drug-likeness (QED) is 0.831. The molecule has 4 heteroatoms. The Bertz CT molecular complexity index is 380. The first-order valence-electron chi connectivity index (χ1n) is 6.39. The van der Waals surface area contributed by atoms with Crippen LogP contribution < -0.4 is 5.32 Å². The van der Waals surface area contributed by atoms with Gasteiger partial charge in [0.05, 0.1) is 5.56 Å². The minimum atomic E-state index is 0.166. The Kier molecular flexibility index (Phi) is 3.84. The van der Waals surface area contributed by atoms with Crippen LogP contribution in [0.25, 0.3) is 0 Å². The van der Waals surface area contributed by atoms with E-state index in [1.54, 1.807) is 0 Å². The molecule has 1 fully saturated rings. The first kappa shape index (κ1) is 12.2. The van der Waals surface area contributed by atoms with Gasteiger partial charge >= 0.3 is 0 Å². The monoisotopic (exact) mass is 235 g/mol. The normalized spacial score (nSPS) is 19.5. The van der Waals surface area contributed by atoms with Gasteiger partial charge in [-0.3, -0.25) is 4.79 Å². The lowest BCUT2D eigenvalue weighted by atomic mass is 10.1. The van der Waals surface area contributed by atoms with E-state index in [2.05, 4.69) is 17.2 Å². The van der Waals surface area contributed by atoms with Gasteiger partial charge in [0.25, 0.3) is 5.91 Å². The van der Waals surface area contributed by atoms with Gasteiger partial charge in [0, 0.05) is 31.0 Å². The van der Waals surface area contributed by atoms with Gasteiger partial charge in [0.2, 0.25) is 0 Å². The summed E-state index contributed by atoms with van der Waals surface area (Å²) in [5, 5.41) is 3.32. The summed E-state index contributed by atoms with van der Waals surface area (Å²) in [4.78, 5) is 17.6. The number of rotatable bonds is 4. The molecule has 1 aromatic heterocycles. The van der Waals surface area contributed by atoms with Crippen LogP contribution in [0.2, 0.25) is 0 Å². The summed E-state index contributed by atoms with van der Waals surface area (Å²) in [6, 6.07) is 2.24. The molecule has 1 amide bonds. The molecule has 0 saturated carbocycles. The smallest absolute Gasteiger partial charge is 0.255 e. The fourth-order valence-electron chi connectivity index (χ4n) is 2.44. The van der Waals surface area contributed by atoms with Crippen molar-refractivity contribution < 1.29 is 4.79 Å². The Hall–Kier alpha value is -1.29. The highest BCUT2D eigenvalue weighted by molar-refractivity contribution is 5.95. The van der Waals surface area contributed by atoms with E-state index in [0.717, 1.165) is 43.7 Å². The lowest BCUT2D eigenvalue weighted by molar-refractivity contribution is 0.0691. The zero-order valence-electron chi connectivity index (χ0n) is 10.6. The second-order valence-corrected chi connectivity index (χ2v) is 4.66. The summed E-state index contributed by atoms with van der Waals surface area (Å²) in [6.45, 7) is 6.85. The Balaban J connectivity index is 2.15. The van der Waals surface area contributed by atoms with Crippen LogP contribution >= 0.6 is 0 Å². The number of aromatic amines is 1. The van der Waals surface area contributed by atoms with E-state index in [0.29, 0.717) is 6.04 Å². The van der Waals surface area contributed by atoms with E-state index < -0.39 is 0 Å². The lowest BCUT2D eigenvalue weighted by Crippen LogP contribution is -2.42. The predicted octanol–water partition coefficient (Wildman–Crippen LogP) is 1.54. The van der Waals surface area contributed by atoms with Crippen LogP contribution in [0.3, 0.4) is 0 Å². The highest BCUT2D eigenvalue weighted by Gasteiger charge is 2.27. The van der Waals surface area contributed by atoms with Gasteiger partial charge in [-0.05, 0) is 32.4 Å². The molecule has 4 nitrogen and oxygen atoms in total. The molecule has 0 aromatic carbocycles. The minimum Gasteiger partial charge on any atom is -0.365 e. The summed E-state index contributed by atoms with van der Waals surface area (Å²) in [5.41, 5.74) is 1.77. The van der Waals surface area contributed by atoms with Gasteiger partial charge in [-0.15, -0.1) is 0 Å². The van der Waals surface area contributed by atoms with Gasteiger partial charge in [0.15, 0.2) is 0 Å². The molecule has 1 atom stereocenters. The van der Waals surface area contributed by atoms with Crippen LogP contribution in [-0.2, 0) is 0 Å². The third-order valence-electron chi connectivity index (χ3n) is 3.38. The number of nitrogens with zero attached hydrogens (tertiary/aromatic N) is 1. The number of aromatic nitrogens is 1. The second kappa shape index (κ2) is 5.36. The summed E-state index contributed by atoms with van der Waals surface area (Å²) in [5.74, 6) is 0.166. The zero-order valence-corrected chi connectivity index (χ0v) is 10.6. The summed E-state index contributed by atoms with van der Waals surface area (Å²) < 4.78 is 0. The molecule has 0 spiro atoms. The van der Waals surface area contributed by atoms with Gasteiger partial charge in [0.1, 0.15) is 0 Å². The zero-order chi connectivity index (χ0) is 12.3. The number of carbonyl (C=O) groups excluding carboxylic acids is 1. The topological polar surface area (TPSA) is 48.1 Å². The van der Waals surface area contributed by atoms with Crippen LogP contribution in [0.15, 0.2) is 12.3 Å². The Labute approximate surface area is 102 Å². The number of nitrogens with one attached hydrogen (secondary N) is 2. The molecule has 2 rings (SSSR count). The maximum absolute atomic E-state index is 12.5. The van der Waals surface area contributed by atoms with Crippen LogP contribution in [0.1, 0.15) is 35.8 Å². The maximum atomic E-state index is 12.5. The van der Waals surface area contributed by atoms with Crippen LogP contribution in [0, 0.1) is 6.92 Å². The summed E-state index contributed by atoms with van der Waals surface area (Å²) in [7, 11) is 0. The van der Waals surface area contributed by atoms with E-state index in [4.69, 9.17) is 0 Å². The average molecular weight is 235 g/mol. The largest absolute Gasteiger partial charge is 0.365 e. The Morgan fingerprint density at radius 2 is 2.41 bits per heavy atom. The molecule has 0 aliphatic carbocycles. The Morgan fingerprint density at radius 1 is 1.59 bits per heavy atom. The molecule has 1 aliphatic rings. The summed E-state index contributed by atoms with van der Waals surface area (Å²) in [6.07, 6.45) is 3.90. The van der Waals surface area contributed by atoms with Crippen molar-refractivity contribution in [1.29, 1.82) is 0 Å². The molecule has 1 aromatic rings. The van der Waals surface area contributed by atoms with Crippen LogP contribution in [0.5, 0.6) is 0 Å². The third kappa shape index (κ3) is 2.52. The molecule has 0 radical (unpaired) electrons. The van der Waals surface area contributed by atoms with Gasteiger partial charge in [-0.25, -0.2) is 0 Å². The van der Waals surface area contributed by atoms with Crippen molar-refractivity contribution >= 4 is 5.91 Å². The molecule has 2 heterocycles. The van der Waals surface area contributed by atoms with Crippen molar-refractivity contribution in [3.8, 4) is 0 Å². The Morgan fingerprint density at radius 3 is 2.94 bits per heavy atom. The molecule has 94 valence electrons. The van der Waals surface area contributed by atoms with E-state index >= 15 is 0 Å². The summed E-state index contributed by atoms with van der Waals surface area (Å²) >= 11 is 0. The maximum Gasteiger partial charge on any atom is 0.255 e. The number of H-pyrrole nitrogens is 1. The molecule has 0 unspecified atom stereocenters. The molecule has 0 bridgehead atoms. The standard InChI is InChI=1S/C13H21N3O/c1-3-8-16(11-4-6-14-9-11)13(17)12-5-7-15-10(12)2/h5,7,11,14-15H,3-4,6,8-9H2,1-2H3/t11-/m1/s1. The highest BCUT2D eigenvalue weighted by atomic mass is 16.2. The SMILES string of the molecule is CCCN(C(=O)c1cc[nH]c1C)[C@@H]1CCNC1. The predicted molar refractivity (Wildman–Crippen MR) is 68.1 cm³/mol. The average Bonchev–Trinajstić information content (AvgIpc) is 2.95. The minimum absolute atomic E-state index is 0.166. The first-order valence-corrected chi connectivity index (χ1v) is 6.39. The second-order valence-electron chi connectivity index (χ2n) is 4.66. The first-order chi connectivity index (χ1) is 8.24. The van der Waals surface area contributed by atoms with E-state index in [9.17, 15) is 4.79 Å². The van der Waals surface area contributed by atoms with E-state index in [1.165, 1.54) is 0 Å². The lowest BCUT2D eigenvalue weighted by Gasteiger charge is -2.28.